The van der Waals surface area contributed by atoms with Gasteiger partial charge in [0.25, 0.3) is 0 Å². The van der Waals surface area contributed by atoms with E-state index in [1.165, 1.54) is 25.5 Å². The molecule has 30 heavy (non-hydrogen) atoms. The van der Waals surface area contributed by atoms with E-state index in [9.17, 15) is 9.18 Å². The monoisotopic (exact) mass is 408 g/mol. The van der Waals surface area contributed by atoms with Crippen LogP contribution < -0.4 is 4.90 Å². The van der Waals surface area contributed by atoms with Gasteiger partial charge in [0, 0.05) is 42.2 Å². The van der Waals surface area contributed by atoms with Crippen molar-refractivity contribution in [1.82, 2.24) is 14.9 Å². The number of hydrogen-bond donors (Lipinski definition) is 0. The van der Waals surface area contributed by atoms with Crippen molar-refractivity contribution in [2.24, 2.45) is 5.92 Å². The van der Waals surface area contributed by atoms with Gasteiger partial charge in [0.05, 0.1) is 6.54 Å². The summed E-state index contributed by atoms with van der Waals surface area (Å²) in [4.78, 5) is 26.8. The largest absolute Gasteiger partial charge is 0.302 e. The Bertz CT molecular complexity index is 958. The Kier molecular flexibility index (Phi) is 5.27. The molecule has 3 heterocycles. The molecular formula is C24H29FN4O. The Labute approximate surface area is 177 Å². The molecular weight excluding hydrogens is 379 g/mol. The molecule has 0 spiro atoms. The molecule has 2 aliphatic heterocycles. The minimum Gasteiger partial charge on any atom is -0.302 e. The van der Waals surface area contributed by atoms with Gasteiger partial charge < -0.3 is 4.90 Å². The molecule has 1 aliphatic carbocycles. The van der Waals surface area contributed by atoms with Gasteiger partial charge in [-0.3, -0.25) is 9.69 Å². The van der Waals surface area contributed by atoms with Crippen molar-refractivity contribution in [3.8, 4) is 0 Å². The quantitative estimate of drug-likeness (QED) is 0.751. The number of aryl methyl sites for hydroxylation is 1. The zero-order chi connectivity index (χ0) is 20.7. The van der Waals surface area contributed by atoms with Gasteiger partial charge in [0.2, 0.25) is 5.91 Å². The summed E-state index contributed by atoms with van der Waals surface area (Å²) in [5.74, 6) is 2.44. The first-order chi connectivity index (χ1) is 14.6. The Hall–Kier alpha value is -2.34. The molecule has 5 rings (SSSR count). The maximum Gasteiger partial charge on any atom is 0.228 e. The molecule has 1 unspecified atom stereocenters. The maximum atomic E-state index is 14.3. The topological polar surface area (TPSA) is 49.3 Å². The van der Waals surface area contributed by atoms with Crippen LogP contribution in [0, 0.1) is 18.7 Å². The van der Waals surface area contributed by atoms with Gasteiger partial charge in [0.1, 0.15) is 17.5 Å². The van der Waals surface area contributed by atoms with Gasteiger partial charge in [-0.2, -0.15) is 0 Å². The van der Waals surface area contributed by atoms with Crippen molar-refractivity contribution in [1.29, 1.82) is 0 Å². The second kappa shape index (κ2) is 8.06. The molecule has 1 saturated carbocycles. The number of nitrogens with zero attached hydrogens (tertiary/aromatic N) is 4. The zero-order valence-electron chi connectivity index (χ0n) is 17.6. The highest BCUT2D eigenvalue weighted by atomic mass is 19.1. The lowest BCUT2D eigenvalue weighted by atomic mass is 9.95. The van der Waals surface area contributed by atoms with Crippen LogP contribution >= 0.6 is 0 Å². The lowest BCUT2D eigenvalue weighted by Gasteiger charge is -2.34. The van der Waals surface area contributed by atoms with Crippen molar-refractivity contribution >= 4 is 11.7 Å². The molecule has 1 atom stereocenters. The van der Waals surface area contributed by atoms with Gasteiger partial charge in [-0.1, -0.05) is 18.2 Å². The lowest BCUT2D eigenvalue weighted by Crippen LogP contribution is -2.38. The lowest BCUT2D eigenvalue weighted by molar-refractivity contribution is -0.119. The third-order valence-electron chi connectivity index (χ3n) is 6.73. The summed E-state index contributed by atoms with van der Waals surface area (Å²) in [5, 5.41) is 0. The Morgan fingerprint density at radius 3 is 2.77 bits per heavy atom. The number of fused-ring (bicyclic) bond motifs is 1. The van der Waals surface area contributed by atoms with Crippen molar-refractivity contribution in [3.63, 3.8) is 0 Å². The summed E-state index contributed by atoms with van der Waals surface area (Å²) in [6.45, 7) is 5.59. The van der Waals surface area contributed by atoms with Crippen molar-refractivity contribution in [2.75, 3.05) is 24.5 Å². The molecule has 3 aliphatic rings. The molecule has 1 aromatic carbocycles. The van der Waals surface area contributed by atoms with Crippen LogP contribution in [0.3, 0.4) is 0 Å². The molecule has 1 amide bonds. The number of hydrogen-bond acceptors (Lipinski definition) is 4. The molecule has 158 valence electrons. The fraction of sp³-hybridized carbons (Fsp3) is 0.542. The average Bonchev–Trinajstić information content (AvgIpc) is 3.55. The van der Waals surface area contributed by atoms with Crippen LogP contribution in [-0.4, -0.2) is 40.4 Å². The molecule has 0 bridgehead atoms. The molecule has 5 nitrogen and oxygen atoms in total. The Morgan fingerprint density at radius 2 is 1.97 bits per heavy atom. The third-order valence-corrected chi connectivity index (χ3v) is 6.73. The number of rotatable bonds is 5. The molecule has 0 N–H and O–H groups in total. The third kappa shape index (κ3) is 3.97. The van der Waals surface area contributed by atoms with Gasteiger partial charge >= 0.3 is 0 Å². The molecule has 1 aromatic heterocycles. The van der Waals surface area contributed by atoms with Crippen LogP contribution in [0.15, 0.2) is 24.3 Å². The summed E-state index contributed by atoms with van der Waals surface area (Å²) >= 11 is 0. The predicted molar refractivity (Wildman–Crippen MR) is 114 cm³/mol. The van der Waals surface area contributed by atoms with Gasteiger partial charge in [-0.15, -0.1) is 0 Å². The number of amides is 1. The number of halogens is 1. The highest BCUT2D eigenvalue weighted by molar-refractivity contribution is 5.95. The summed E-state index contributed by atoms with van der Waals surface area (Å²) in [5.41, 5.74) is 2.51. The van der Waals surface area contributed by atoms with E-state index < -0.39 is 0 Å². The summed E-state index contributed by atoms with van der Waals surface area (Å²) in [7, 11) is 0. The van der Waals surface area contributed by atoms with E-state index in [0.29, 0.717) is 30.1 Å². The summed E-state index contributed by atoms with van der Waals surface area (Å²) in [6.07, 6.45) is 6.05. The Balaban J connectivity index is 1.44. The fourth-order valence-corrected chi connectivity index (χ4v) is 4.84. The van der Waals surface area contributed by atoms with Crippen LogP contribution in [0.1, 0.15) is 60.7 Å². The van der Waals surface area contributed by atoms with Crippen molar-refractivity contribution < 1.29 is 9.18 Å². The van der Waals surface area contributed by atoms with Gasteiger partial charge in [-0.25, -0.2) is 14.4 Å². The SMILES string of the molecule is Cc1nc(C2CCCN(CC3CC3)C2)nc2c1CCC(=O)N2Cc1ccccc1F. The van der Waals surface area contributed by atoms with Crippen LogP contribution in [0.5, 0.6) is 0 Å². The van der Waals surface area contributed by atoms with Crippen molar-refractivity contribution in [2.45, 2.75) is 57.9 Å². The number of anilines is 1. The fourth-order valence-electron chi connectivity index (χ4n) is 4.84. The van der Waals surface area contributed by atoms with E-state index in [0.717, 1.165) is 48.9 Å². The zero-order valence-corrected chi connectivity index (χ0v) is 17.6. The van der Waals surface area contributed by atoms with Crippen LogP contribution in [0.25, 0.3) is 0 Å². The van der Waals surface area contributed by atoms with Crippen LogP contribution in [-0.2, 0) is 17.8 Å². The normalized spacial score (nSPS) is 22.3. The maximum absolute atomic E-state index is 14.3. The second-order valence-electron chi connectivity index (χ2n) is 9.08. The average molecular weight is 409 g/mol. The Morgan fingerprint density at radius 1 is 1.13 bits per heavy atom. The number of piperidine rings is 1. The number of benzene rings is 1. The van der Waals surface area contributed by atoms with E-state index in [2.05, 4.69) is 4.90 Å². The smallest absolute Gasteiger partial charge is 0.228 e. The first-order valence-electron chi connectivity index (χ1n) is 11.2. The minimum absolute atomic E-state index is 0.00815. The van der Waals surface area contributed by atoms with E-state index in [1.807, 2.05) is 6.92 Å². The van der Waals surface area contributed by atoms with E-state index >= 15 is 0 Å². The van der Waals surface area contributed by atoms with E-state index in [-0.39, 0.29) is 18.3 Å². The highest BCUT2D eigenvalue weighted by Crippen LogP contribution is 2.35. The van der Waals surface area contributed by atoms with Crippen molar-refractivity contribution in [3.05, 3.63) is 52.7 Å². The number of aromatic nitrogens is 2. The van der Waals surface area contributed by atoms with Crippen LogP contribution in [0.4, 0.5) is 10.2 Å². The first-order valence-corrected chi connectivity index (χ1v) is 11.2. The summed E-state index contributed by atoms with van der Waals surface area (Å²) < 4.78 is 14.3. The second-order valence-corrected chi connectivity index (χ2v) is 9.08. The van der Waals surface area contributed by atoms with Gasteiger partial charge in [-0.05, 0) is 57.6 Å². The molecule has 0 radical (unpaired) electrons. The molecule has 1 saturated heterocycles. The van der Waals surface area contributed by atoms with Gasteiger partial charge in [0.15, 0.2) is 0 Å². The molecule has 2 fully saturated rings. The summed E-state index contributed by atoms with van der Waals surface area (Å²) in [6, 6.07) is 6.66. The highest BCUT2D eigenvalue weighted by Gasteiger charge is 2.32. The van der Waals surface area contributed by atoms with E-state index in [1.54, 1.807) is 23.1 Å². The molecule has 2 aromatic rings. The predicted octanol–water partition coefficient (Wildman–Crippen LogP) is 3.99. The number of carbonyl (C=O) groups excluding carboxylic acids is 1. The number of carbonyl (C=O) groups is 1. The number of likely N-dealkylation sites (tertiary alicyclic amines) is 1. The van der Waals surface area contributed by atoms with E-state index in [4.69, 9.17) is 9.97 Å². The minimum atomic E-state index is -0.286. The van der Waals surface area contributed by atoms with Crippen LogP contribution in [0.2, 0.25) is 0 Å². The standard InChI is InChI=1S/C24H29FN4O/c1-16-20-10-11-22(30)29(15-18-5-2-3-7-21(18)25)24(20)27-23(26-16)19-6-4-12-28(14-19)13-17-8-9-17/h2-3,5,7,17,19H,4,6,8-15H2,1H3. The first kappa shape index (κ1) is 19.6. The molecule has 6 heteroatoms.